The third kappa shape index (κ3) is 4.15. The molecule has 0 aromatic rings. The normalized spacial score (nSPS) is 25.6. The van der Waals surface area contributed by atoms with Gasteiger partial charge in [-0.3, -0.25) is 5.41 Å². The number of nitrogens with two attached hydrogens (primary N) is 2. The van der Waals surface area contributed by atoms with E-state index in [-0.39, 0.29) is 0 Å². The lowest BCUT2D eigenvalue weighted by atomic mass is 9.76. The van der Waals surface area contributed by atoms with Gasteiger partial charge in [0.2, 0.25) is 0 Å². The second kappa shape index (κ2) is 9.05. The first-order valence-corrected chi connectivity index (χ1v) is 10.3. The van der Waals surface area contributed by atoms with Crippen LogP contribution in [0.5, 0.6) is 0 Å². The average molecular weight is 364 g/mol. The predicted molar refractivity (Wildman–Crippen MR) is 109 cm³/mol. The van der Waals surface area contributed by atoms with Crippen LogP contribution in [0.15, 0.2) is 23.5 Å². The molecule has 1 fully saturated rings. The van der Waals surface area contributed by atoms with Crippen LogP contribution < -0.4 is 11.5 Å². The zero-order valence-electron chi connectivity index (χ0n) is 17.0. The Bertz CT molecular complexity index is 546. The molecule has 1 aliphatic heterocycles. The lowest BCUT2D eigenvalue weighted by Gasteiger charge is -2.55. The number of hydrogen-bond acceptors (Lipinski definition) is 3. The standard InChI is InChI=1S/C21H39N4O/c1-17(2)9-15-26-19-8-10-21(20(23)24,18(3)16-19)25(14-7-11-22)12-5-4-6-13-25/h8,16-17H,4-7,9-15,22H2,1-3H3,(H3,23,24)/q+1. The van der Waals surface area contributed by atoms with Crippen LogP contribution >= 0.6 is 0 Å². The average Bonchev–Trinajstić information content (AvgIpc) is 2.60. The van der Waals surface area contributed by atoms with E-state index in [0.717, 1.165) is 55.7 Å². The summed E-state index contributed by atoms with van der Waals surface area (Å²) in [6.07, 6.45) is 10.8. The molecule has 0 bridgehead atoms. The van der Waals surface area contributed by atoms with Crippen LogP contribution in [0.4, 0.5) is 0 Å². The van der Waals surface area contributed by atoms with Gasteiger partial charge in [-0.1, -0.05) is 13.8 Å². The topological polar surface area (TPSA) is 85.1 Å². The molecule has 26 heavy (non-hydrogen) atoms. The van der Waals surface area contributed by atoms with Crippen molar-refractivity contribution in [2.45, 2.75) is 64.8 Å². The van der Waals surface area contributed by atoms with Gasteiger partial charge in [0.05, 0.1) is 26.2 Å². The molecule has 148 valence electrons. The smallest absolute Gasteiger partial charge is 0.182 e. The Morgan fingerprint density at radius 2 is 2.00 bits per heavy atom. The molecule has 0 spiro atoms. The summed E-state index contributed by atoms with van der Waals surface area (Å²) in [6, 6.07) is 0. The molecule has 1 atom stereocenters. The highest BCUT2D eigenvalue weighted by Crippen LogP contribution is 2.42. The van der Waals surface area contributed by atoms with Gasteiger partial charge in [-0.15, -0.1) is 0 Å². The van der Waals surface area contributed by atoms with Crippen LogP contribution in [-0.2, 0) is 4.74 Å². The van der Waals surface area contributed by atoms with E-state index in [1.807, 2.05) is 0 Å². The maximum atomic E-state index is 8.54. The first-order chi connectivity index (χ1) is 12.4. The molecule has 0 amide bonds. The number of allylic oxidation sites excluding steroid dienone is 1. The van der Waals surface area contributed by atoms with Crippen LogP contribution in [0.2, 0.25) is 0 Å². The van der Waals surface area contributed by atoms with Crippen molar-refractivity contribution in [1.82, 2.24) is 0 Å². The molecule has 1 aliphatic carbocycles. The molecule has 1 saturated heterocycles. The van der Waals surface area contributed by atoms with Crippen LogP contribution in [0.1, 0.15) is 59.3 Å². The van der Waals surface area contributed by atoms with E-state index in [9.17, 15) is 0 Å². The predicted octanol–water partition coefficient (Wildman–Crippen LogP) is 3.31. The summed E-state index contributed by atoms with van der Waals surface area (Å²) < 4.78 is 6.87. The molecular weight excluding hydrogens is 324 g/mol. The van der Waals surface area contributed by atoms with Crippen molar-refractivity contribution < 1.29 is 9.22 Å². The van der Waals surface area contributed by atoms with Gasteiger partial charge in [0.1, 0.15) is 5.76 Å². The number of quaternary nitrogens is 1. The Hall–Kier alpha value is -1.33. The minimum atomic E-state index is -0.430. The molecule has 0 radical (unpaired) electrons. The molecule has 2 rings (SSSR count). The lowest BCUT2D eigenvalue weighted by Crippen LogP contribution is -2.72. The van der Waals surface area contributed by atoms with Crippen molar-refractivity contribution >= 4 is 5.84 Å². The van der Waals surface area contributed by atoms with E-state index in [1.165, 1.54) is 24.8 Å². The highest BCUT2D eigenvalue weighted by Gasteiger charge is 2.55. The van der Waals surface area contributed by atoms with Crippen molar-refractivity contribution in [3.63, 3.8) is 0 Å². The molecule has 5 N–H and O–H groups in total. The van der Waals surface area contributed by atoms with E-state index < -0.39 is 5.54 Å². The minimum Gasteiger partial charge on any atom is -0.494 e. The summed E-state index contributed by atoms with van der Waals surface area (Å²) in [5.74, 6) is 1.87. The first-order valence-electron chi connectivity index (χ1n) is 10.3. The fraction of sp³-hybridized carbons (Fsp3) is 0.762. The minimum absolute atomic E-state index is 0.294. The van der Waals surface area contributed by atoms with Gasteiger partial charge in [0, 0.05) is 12.8 Å². The molecule has 1 heterocycles. The van der Waals surface area contributed by atoms with Gasteiger partial charge >= 0.3 is 0 Å². The third-order valence-electron chi connectivity index (χ3n) is 6.29. The number of piperidine rings is 1. The Labute approximate surface area is 159 Å². The van der Waals surface area contributed by atoms with Gasteiger partial charge in [-0.25, -0.2) is 0 Å². The highest BCUT2D eigenvalue weighted by molar-refractivity contribution is 5.90. The summed E-state index contributed by atoms with van der Waals surface area (Å²) in [7, 11) is 0. The van der Waals surface area contributed by atoms with Crippen LogP contribution in [0.25, 0.3) is 0 Å². The van der Waals surface area contributed by atoms with Crippen molar-refractivity contribution in [1.29, 1.82) is 5.41 Å². The molecule has 1 unspecified atom stereocenters. The van der Waals surface area contributed by atoms with E-state index >= 15 is 0 Å². The summed E-state index contributed by atoms with van der Waals surface area (Å²) in [5.41, 5.74) is 12.9. The Kier molecular flexibility index (Phi) is 7.30. The summed E-state index contributed by atoms with van der Waals surface area (Å²) in [6.45, 7) is 11.2. The van der Waals surface area contributed by atoms with Crippen LogP contribution in [-0.4, -0.2) is 48.6 Å². The van der Waals surface area contributed by atoms with Crippen molar-refractivity contribution in [3.05, 3.63) is 23.5 Å². The van der Waals surface area contributed by atoms with Crippen molar-refractivity contribution in [2.75, 3.05) is 32.8 Å². The Balaban J connectivity index is 2.28. The van der Waals surface area contributed by atoms with Gasteiger partial charge < -0.3 is 20.7 Å². The zero-order valence-corrected chi connectivity index (χ0v) is 17.0. The summed E-state index contributed by atoms with van der Waals surface area (Å²) in [4.78, 5) is 0. The van der Waals surface area contributed by atoms with E-state index in [0.29, 0.717) is 18.3 Å². The number of nitrogens with one attached hydrogen (secondary N) is 1. The highest BCUT2D eigenvalue weighted by atomic mass is 16.5. The number of hydrogen-bond donors (Lipinski definition) is 3. The third-order valence-corrected chi connectivity index (χ3v) is 6.29. The van der Waals surface area contributed by atoms with Crippen molar-refractivity contribution in [3.8, 4) is 0 Å². The molecular formula is C21H39N4O+. The second-order valence-electron chi connectivity index (χ2n) is 8.46. The lowest BCUT2D eigenvalue weighted by molar-refractivity contribution is -0.964. The quantitative estimate of drug-likeness (QED) is 0.334. The van der Waals surface area contributed by atoms with E-state index in [4.69, 9.17) is 21.6 Å². The summed E-state index contributed by atoms with van der Waals surface area (Å²) >= 11 is 0. The number of rotatable bonds is 9. The Morgan fingerprint density at radius 1 is 1.31 bits per heavy atom. The number of amidine groups is 1. The number of likely N-dealkylation sites (tertiary alicyclic amines) is 1. The monoisotopic (exact) mass is 363 g/mol. The van der Waals surface area contributed by atoms with Gasteiger partial charge in [-0.05, 0) is 62.8 Å². The molecule has 0 aromatic carbocycles. The van der Waals surface area contributed by atoms with Gasteiger partial charge in [0.15, 0.2) is 11.4 Å². The maximum Gasteiger partial charge on any atom is 0.182 e. The Morgan fingerprint density at radius 3 is 2.54 bits per heavy atom. The zero-order chi connectivity index (χ0) is 19.2. The van der Waals surface area contributed by atoms with Crippen LogP contribution in [0.3, 0.4) is 0 Å². The summed E-state index contributed by atoms with van der Waals surface area (Å²) in [5, 5.41) is 8.54. The fourth-order valence-electron chi connectivity index (χ4n) is 4.77. The molecule has 0 aromatic heterocycles. The van der Waals surface area contributed by atoms with E-state index in [2.05, 4.69) is 32.9 Å². The second-order valence-corrected chi connectivity index (χ2v) is 8.46. The SMILES string of the molecule is CC1=CC(OCCC(C)C)=CCC1(C(=N)N)[N+]1(CCCN)CCCCC1. The number of ether oxygens (including phenoxy) is 1. The molecule has 5 nitrogen and oxygen atoms in total. The molecule has 0 saturated carbocycles. The maximum absolute atomic E-state index is 8.54. The fourth-order valence-corrected chi connectivity index (χ4v) is 4.77. The van der Waals surface area contributed by atoms with Crippen LogP contribution in [0, 0.1) is 11.3 Å². The van der Waals surface area contributed by atoms with Crippen molar-refractivity contribution in [2.24, 2.45) is 17.4 Å². The van der Waals surface area contributed by atoms with Gasteiger partial charge in [0.25, 0.3) is 0 Å². The molecule has 2 aliphatic rings. The van der Waals surface area contributed by atoms with Gasteiger partial charge in [-0.2, -0.15) is 0 Å². The number of nitrogens with zero attached hydrogens (tertiary/aromatic N) is 1. The molecule has 5 heteroatoms. The largest absolute Gasteiger partial charge is 0.494 e. The first kappa shape index (κ1) is 21.0. The van der Waals surface area contributed by atoms with E-state index in [1.54, 1.807) is 0 Å².